The van der Waals surface area contributed by atoms with Gasteiger partial charge in [0.05, 0.1) is 0 Å². The van der Waals surface area contributed by atoms with Gasteiger partial charge in [-0.3, -0.25) is 0 Å². The minimum absolute atomic E-state index is 0.652. The topological polar surface area (TPSA) is 15.8 Å². The van der Waals surface area contributed by atoms with Gasteiger partial charge in [0.25, 0.3) is 0 Å². The molecule has 0 radical (unpaired) electrons. The van der Waals surface area contributed by atoms with Crippen LogP contribution in [0.5, 0.6) is 0 Å². The predicted molar refractivity (Wildman–Crippen MR) is 46.5 cm³/mol. The number of aromatic nitrogens is 1. The van der Waals surface area contributed by atoms with Crippen LogP contribution in [0.3, 0.4) is 0 Å². The molecule has 1 aromatic rings. The highest BCUT2D eigenvalue weighted by Crippen LogP contribution is 2.25. The summed E-state index contributed by atoms with van der Waals surface area (Å²) in [5.41, 5.74) is 1.36. The lowest BCUT2D eigenvalue weighted by molar-refractivity contribution is 0.644. The fraction of sp³-hybridized carbons (Fsp3) is 0.400. The molecule has 58 valence electrons. The van der Waals surface area contributed by atoms with Crippen molar-refractivity contribution in [2.24, 2.45) is 0 Å². The van der Waals surface area contributed by atoms with Crippen LogP contribution in [0.4, 0.5) is 0 Å². The standard InChI is InChI=1S/C10H13N/c1-2-5-9(6-3-1)10-7-4-8-11-10/h2,4-5,7-9,11H,1,3,6H2. The van der Waals surface area contributed by atoms with E-state index >= 15 is 0 Å². The number of aromatic amines is 1. The molecule has 0 aliphatic heterocycles. The summed E-state index contributed by atoms with van der Waals surface area (Å²) in [5, 5.41) is 0. The molecule has 0 saturated heterocycles. The fourth-order valence-corrected chi connectivity index (χ4v) is 1.65. The van der Waals surface area contributed by atoms with E-state index in [2.05, 4.69) is 29.3 Å². The van der Waals surface area contributed by atoms with Crippen molar-refractivity contribution in [2.75, 3.05) is 0 Å². The first-order valence-corrected chi connectivity index (χ1v) is 4.27. The van der Waals surface area contributed by atoms with Crippen molar-refractivity contribution in [3.63, 3.8) is 0 Å². The SMILES string of the molecule is C1=CC(c2ccc[nH]2)CCC1. The molecule has 0 saturated carbocycles. The smallest absolute Gasteiger partial charge is 0.0216 e. The summed E-state index contributed by atoms with van der Waals surface area (Å²) in [6.45, 7) is 0. The Morgan fingerprint density at radius 1 is 1.45 bits per heavy atom. The van der Waals surface area contributed by atoms with Crippen LogP contribution in [0, 0.1) is 0 Å². The highest BCUT2D eigenvalue weighted by atomic mass is 14.7. The Kier molecular flexibility index (Phi) is 1.80. The Morgan fingerprint density at radius 3 is 3.09 bits per heavy atom. The quantitative estimate of drug-likeness (QED) is 0.588. The van der Waals surface area contributed by atoms with E-state index in [1.54, 1.807) is 0 Å². The summed E-state index contributed by atoms with van der Waals surface area (Å²) in [5.74, 6) is 0.652. The van der Waals surface area contributed by atoms with Crippen LogP contribution in [0.1, 0.15) is 30.9 Å². The van der Waals surface area contributed by atoms with Gasteiger partial charge in [0.2, 0.25) is 0 Å². The Bertz CT molecular complexity index is 233. The molecular weight excluding hydrogens is 134 g/mol. The lowest BCUT2D eigenvalue weighted by Gasteiger charge is -2.14. The second-order valence-electron chi connectivity index (χ2n) is 3.09. The molecular formula is C10H13N. The number of hydrogen-bond donors (Lipinski definition) is 1. The van der Waals surface area contributed by atoms with Gasteiger partial charge in [-0.15, -0.1) is 0 Å². The van der Waals surface area contributed by atoms with E-state index in [9.17, 15) is 0 Å². The average Bonchev–Trinajstić information content (AvgIpc) is 2.58. The molecule has 1 nitrogen and oxygen atoms in total. The van der Waals surface area contributed by atoms with Crippen LogP contribution in [0.25, 0.3) is 0 Å². The molecule has 0 fully saturated rings. The van der Waals surface area contributed by atoms with Gasteiger partial charge >= 0.3 is 0 Å². The van der Waals surface area contributed by atoms with Crippen molar-refractivity contribution in [1.29, 1.82) is 0 Å². The molecule has 1 heterocycles. The number of hydrogen-bond acceptors (Lipinski definition) is 0. The Balaban J connectivity index is 2.16. The normalized spacial score (nSPS) is 23.8. The van der Waals surface area contributed by atoms with Gasteiger partial charge in [0.1, 0.15) is 0 Å². The van der Waals surface area contributed by atoms with Crippen molar-refractivity contribution >= 4 is 0 Å². The largest absolute Gasteiger partial charge is 0.365 e. The Morgan fingerprint density at radius 2 is 2.45 bits per heavy atom. The molecule has 1 unspecified atom stereocenters. The van der Waals surface area contributed by atoms with E-state index in [1.807, 2.05) is 6.20 Å². The van der Waals surface area contributed by atoms with Gasteiger partial charge in [-0.2, -0.15) is 0 Å². The maximum absolute atomic E-state index is 3.26. The molecule has 1 aromatic heterocycles. The van der Waals surface area contributed by atoms with Crippen LogP contribution in [0.15, 0.2) is 30.5 Å². The summed E-state index contributed by atoms with van der Waals surface area (Å²) >= 11 is 0. The van der Waals surface area contributed by atoms with Crippen LogP contribution in [-0.4, -0.2) is 4.98 Å². The third kappa shape index (κ3) is 1.37. The number of nitrogens with one attached hydrogen (secondary N) is 1. The number of rotatable bonds is 1. The molecule has 0 spiro atoms. The maximum atomic E-state index is 3.26. The average molecular weight is 147 g/mol. The van der Waals surface area contributed by atoms with E-state index in [1.165, 1.54) is 25.0 Å². The molecule has 1 heteroatoms. The fourth-order valence-electron chi connectivity index (χ4n) is 1.65. The molecule has 1 N–H and O–H groups in total. The van der Waals surface area contributed by atoms with Gasteiger partial charge in [0, 0.05) is 17.8 Å². The summed E-state index contributed by atoms with van der Waals surface area (Å²) in [7, 11) is 0. The minimum atomic E-state index is 0.652. The third-order valence-electron chi connectivity index (χ3n) is 2.28. The zero-order valence-electron chi connectivity index (χ0n) is 6.59. The van der Waals surface area contributed by atoms with E-state index in [4.69, 9.17) is 0 Å². The van der Waals surface area contributed by atoms with Crippen LogP contribution in [-0.2, 0) is 0 Å². The third-order valence-corrected chi connectivity index (χ3v) is 2.28. The van der Waals surface area contributed by atoms with Crippen LogP contribution < -0.4 is 0 Å². The summed E-state index contributed by atoms with van der Waals surface area (Å²) in [6, 6.07) is 4.23. The first-order valence-electron chi connectivity index (χ1n) is 4.27. The van der Waals surface area contributed by atoms with Gasteiger partial charge in [-0.25, -0.2) is 0 Å². The molecule has 11 heavy (non-hydrogen) atoms. The highest BCUT2D eigenvalue weighted by Gasteiger charge is 2.10. The van der Waals surface area contributed by atoms with E-state index in [0.717, 1.165) is 0 Å². The second-order valence-corrected chi connectivity index (χ2v) is 3.09. The maximum Gasteiger partial charge on any atom is 0.0216 e. The van der Waals surface area contributed by atoms with E-state index in [0.29, 0.717) is 5.92 Å². The highest BCUT2D eigenvalue weighted by molar-refractivity contribution is 5.17. The van der Waals surface area contributed by atoms with Gasteiger partial charge < -0.3 is 4.98 Å². The minimum Gasteiger partial charge on any atom is -0.365 e. The Hall–Kier alpha value is -0.980. The summed E-state index contributed by atoms with van der Waals surface area (Å²) in [4.78, 5) is 3.26. The molecule has 0 bridgehead atoms. The van der Waals surface area contributed by atoms with Crippen molar-refractivity contribution in [3.05, 3.63) is 36.2 Å². The van der Waals surface area contributed by atoms with Crippen molar-refractivity contribution < 1.29 is 0 Å². The zero-order chi connectivity index (χ0) is 7.52. The van der Waals surface area contributed by atoms with Crippen molar-refractivity contribution in [2.45, 2.75) is 25.2 Å². The van der Waals surface area contributed by atoms with Crippen molar-refractivity contribution in [3.8, 4) is 0 Å². The zero-order valence-corrected chi connectivity index (χ0v) is 6.59. The monoisotopic (exact) mass is 147 g/mol. The molecule has 1 atom stereocenters. The number of H-pyrrole nitrogens is 1. The summed E-state index contributed by atoms with van der Waals surface area (Å²) in [6.07, 6.45) is 10.5. The molecule has 2 rings (SSSR count). The molecule has 0 amide bonds. The Labute approximate surface area is 67.1 Å². The lowest BCUT2D eigenvalue weighted by Crippen LogP contribution is -1.98. The number of allylic oxidation sites excluding steroid dienone is 2. The first-order chi connectivity index (χ1) is 5.47. The molecule has 0 aromatic carbocycles. The second kappa shape index (κ2) is 2.95. The van der Waals surface area contributed by atoms with Gasteiger partial charge in [-0.05, 0) is 31.4 Å². The molecule has 1 aliphatic carbocycles. The summed E-state index contributed by atoms with van der Waals surface area (Å²) < 4.78 is 0. The van der Waals surface area contributed by atoms with Crippen molar-refractivity contribution in [1.82, 2.24) is 4.98 Å². The van der Waals surface area contributed by atoms with Crippen LogP contribution in [0.2, 0.25) is 0 Å². The van der Waals surface area contributed by atoms with Gasteiger partial charge in [0.15, 0.2) is 0 Å². The van der Waals surface area contributed by atoms with E-state index in [-0.39, 0.29) is 0 Å². The van der Waals surface area contributed by atoms with Gasteiger partial charge in [-0.1, -0.05) is 12.2 Å². The molecule has 1 aliphatic rings. The van der Waals surface area contributed by atoms with E-state index < -0.39 is 0 Å². The predicted octanol–water partition coefficient (Wildman–Crippen LogP) is 2.84. The lowest BCUT2D eigenvalue weighted by atomic mass is 9.93. The first kappa shape index (κ1) is 6.71. The van der Waals surface area contributed by atoms with Crippen LogP contribution >= 0.6 is 0 Å².